The molecule has 0 bridgehead atoms. The summed E-state index contributed by atoms with van der Waals surface area (Å²) in [5, 5.41) is 7.51. The zero-order valence-corrected chi connectivity index (χ0v) is 16.0. The van der Waals surface area contributed by atoms with Crippen LogP contribution in [0.15, 0.2) is 53.9 Å². The highest BCUT2D eigenvalue weighted by Crippen LogP contribution is 2.38. The van der Waals surface area contributed by atoms with E-state index in [0.717, 1.165) is 6.07 Å². The van der Waals surface area contributed by atoms with Gasteiger partial charge in [-0.1, -0.05) is 36.4 Å². The van der Waals surface area contributed by atoms with E-state index in [1.54, 1.807) is 35.7 Å². The van der Waals surface area contributed by atoms with Gasteiger partial charge in [-0.05, 0) is 37.1 Å². The smallest absolute Gasteiger partial charge is 0.336 e. The maximum Gasteiger partial charge on any atom is 0.417 e. The zero-order valence-electron chi connectivity index (χ0n) is 15.2. The zero-order chi connectivity index (χ0) is 20.3. The molecule has 0 aliphatic heterocycles. The monoisotopic (exact) mass is 405 g/mol. The first kappa shape index (κ1) is 19.9. The van der Waals surface area contributed by atoms with Crippen molar-refractivity contribution >= 4 is 22.5 Å². The molecule has 0 fully saturated rings. The third-order valence-corrected chi connectivity index (χ3v) is 4.60. The predicted octanol–water partition coefficient (Wildman–Crippen LogP) is 6.03. The third-order valence-electron chi connectivity index (χ3n) is 3.85. The molecule has 4 nitrogen and oxygen atoms in total. The van der Waals surface area contributed by atoms with Gasteiger partial charge in [0.15, 0.2) is 5.13 Å². The molecule has 28 heavy (non-hydrogen) atoms. The number of anilines is 1. The van der Waals surface area contributed by atoms with E-state index in [2.05, 4.69) is 15.6 Å². The van der Waals surface area contributed by atoms with Gasteiger partial charge in [0.1, 0.15) is 0 Å². The van der Waals surface area contributed by atoms with E-state index in [9.17, 15) is 18.0 Å². The Bertz CT molecular complexity index is 983. The Labute approximate surface area is 164 Å². The largest absolute Gasteiger partial charge is 0.417 e. The van der Waals surface area contributed by atoms with Crippen LogP contribution in [0.5, 0.6) is 0 Å². The van der Waals surface area contributed by atoms with Gasteiger partial charge in [-0.2, -0.15) is 13.2 Å². The third kappa shape index (κ3) is 4.69. The molecular formula is C20H18F3N3OS. The fourth-order valence-electron chi connectivity index (χ4n) is 2.69. The molecule has 0 saturated heterocycles. The number of nitrogens with one attached hydrogen (secondary N) is 2. The summed E-state index contributed by atoms with van der Waals surface area (Å²) in [7, 11) is 0. The summed E-state index contributed by atoms with van der Waals surface area (Å²) in [4.78, 5) is 16.1. The molecule has 2 aromatic carbocycles. The second kappa shape index (κ2) is 8.02. The van der Waals surface area contributed by atoms with E-state index in [1.807, 2.05) is 13.8 Å². The molecule has 3 aromatic rings. The SMILES string of the molecule is CC(C)NC(=O)Nc1nc(-c2cccc(-c3ccccc3C(F)(F)F)c2)cs1. The fourth-order valence-corrected chi connectivity index (χ4v) is 3.40. The number of carbonyl (C=O) groups excluding carboxylic acids is 1. The number of thiazole rings is 1. The Balaban J connectivity index is 1.89. The van der Waals surface area contributed by atoms with Crippen LogP contribution >= 0.6 is 11.3 Å². The van der Waals surface area contributed by atoms with Gasteiger partial charge in [-0.3, -0.25) is 5.32 Å². The summed E-state index contributed by atoms with van der Waals surface area (Å²) in [6, 6.07) is 11.9. The first-order valence-corrected chi connectivity index (χ1v) is 9.42. The fraction of sp³-hybridized carbons (Fsp3) is 0.200. The lowest BCUT2D eigenvalue weighted by Crippen LogP contribution is -2.34. The van der Waals surface area contributed by atoms with E-state index in [4.69, 9.17) is 0 Å². The quantitative estimate of drug-likeness (QED) is 0.557. The van der Waals surface area contributed by atoms with Gasteiger partial charge in [0.25, 0.3) is 0 Å². The first-order chi connectivity index (χ1) is 13.2. The molecule has 0 aliphatic rings. The molecule has 0 atom stereocenters. The van der Waals surface area contributed by atoms with Crippen molar-refractivity contribution in [2.24, 2.45) is 0 Å². The van der Waals surface area contributed by atoms with Gasteiger partial charge >= 0.3 is 12.2 Å². The van der Waals surface area contributed by atoms with E-state index in [1.165, 1.54) is 23.5 Å². The highest BCUT2D eigenvalue weighted by molar-refractivity contribution is 7.14. The van der Waals surface area contributed by atoms with Crippen molar-refractivity contribution < 1.29 is 18.0 Å². The number of hydrogen-bond donors (Lipinski definition) is 2. The first-order valence-electron chi connectivity index (χ1n) is 8.54. The van der Waals surface area contributed by atoms with Crippen LogP contribution in [0.3, 0.4) is 0 Å². The van der Waals surface area contributed by atoms with Crippen LogP contribution < -0.4 is 10.6 Å². The van der Waals surface area contributed by atoms with Crippen molar-refractivity contribution in [1.82, 2.24) is 10.3 Å². The van der Waals surface area contributed by atoms with E-state index >= 15 is 0 Å². The van der Waals surface area contributed by atoms with Crippen LogP contribution in [0.25, 0.3) is 22.4 Å². The second-order valence-electron chi connectivity index (χ2n) is 6.42. The van der Waals surface area contributed by atoms with E-state index < -0.39 is 11.7 Å². The molecule has 2 N–H and O–H groups in total. The molecule has 0 radical (unpaired) electrons. The predicted molar refractivity (Wildman–Crippen MR) is 105 cm³/mol. The van der Waals surface area contributed by atoms with E-state index in [-0.39, 0.29) is 17.6 Å². The highest BCUT2D eigenvalue weighted by Gasteiger charge is 2.33. The van der Waals surface area contributed by atoms with Crippen LogP contribution in [0.4, 0.5) is 23.1 Å². The van der Waals surface area contributed by atoms with Crippen molar-refractivity contribution in [2.75, 3.05) is 5.32 Å². The Morgan fingerprint density at radius 3 is 2.50 bits per heavy atom. The topological polar surface area (TPSA) is 54.0 Å². The van der Waals surface area contributed by atoms with Gasteiger partial charge in [-0.15, -0.1) is 11.3 Å². The maximum absolute atomic E-state index is 13.3. The minimum atomic E-state index is -4.44. The van der Waals surface area contributed by atoms with Crippen molar-refractivity contribution in [2.45, 2.75) is 26.1 Å². The molecule has 146 valence electrons. The molecule has 2 amide bonds. The van der Waals surface area contributed by atoms with Gasteiger partial charge in [0.05, 0.1) is 11.3 Å². The Morgan fingerprint density at radius 1 is 1.07 bits per heavy atom. The number of halogens is 3. The van der Waals surface area contributed by atoms with Gasteiger partial charge in [-0.25, -0.2) is 9.78 Å². The number of alkyl halides is 3. The van der Waals surface area contributed by atoms with Crippen molar-refractivity contribution in [1.29, 1.82) is 0 Å². The van der Waals surface area contributed by atoms with Crippen LogP contribution in [-0.4, -0.2) is 17.1 Å². The average Bonchev–Trinajstić information content (AvgIpc) is 3.09. The van der Waals surface area contributed by atoms with E-state index in [0.29, 0.717) is 22.0 Å². The second-order valence-corrected chi connectivity index (χ2v) is 7.27. The van der Waals surface area contributed by atoms with Crippen molar-refractivity contribution in [3.8, 4) is 22.4 Å². The normalized spacial score (nSPS) is 11.5. The lowest BCUT2D eigenvalue weighted by molar-refractivity contribution is -0.137. The summed E-state index contributed by atoms with van der Waals surface area (Å²) in [6.45, 7) is 3.69. The van der Waals surface area contributed by atoms with Gasteiger partial charge in [0.2, 0.25) is 0 Å². The molecule has 0 unspecified atom stereocenters. The summed E-state index contributed by atoms with van der Waals surface area (Å²) >= 11 is 1.25. The van der Waals surface area contributed by atoms with Crippen LogP contribution in [0.2, 0.25) is 0 Å². The van der Waals surface area contributed by atoms with Crippen LogP contribution in [0.1, 0.15) is 19.4 Å². The summed E-state index contributed by atoms with van der Waals surface area (Å²) in [6.07, 6.45) is -4.44. The summed E-state index contributed by atoms with van der Waals surface area (Å²) < 4.78 is 39.9. The van der Waals surface area contributed by atoms with Gasteiger partial charge < -0.3 is 5.32 Å². The Hall–Kier alpha value is -2.87. The number of aromatic nitrogens is 1. The standard InChI is InChI=1S/C20H18F3N3OS/c1-12(2)24-18(27)26-19-25-17(11-28-19)14-7-5-6-13(10-14)15-8-3-4-9-16(15)20(21,22)23/h3-12H,1-2H3,(H2,24,25,26,27). The molecule has 3 rings (SSSR count). The maximum atomic E-state index is 13.3. The Kier molecular flexibility index (Phi) is 5.69. The van der Waals surface area contributed by atoms with Gasteiger partial charge in [0, 0.05) is 17.0 Å². The average molecular weight is 405 g/mol. The summed E-state index contributed by atoms with van der Waals surface area (Å²) in [5.74, 6) is 0. The minimum Gasteiger partial charge on any atom is -0.336 e. The number of benzene rings is 2. The highest BCUT2D eigenvalue weighted by atomic mass is 32.1. The number of rotatable bonds is 4. The minimum absolute atomic E-state index is 0.00943. The molecular weight excluding hydrogens is 387 g/mol. The number of carbonyl (C=O) groups is 1. The molecule has 0 aliphatic carbocycles. The molecule has 0 saturated carbocycles. The summed E-state index contributed by atoms with van der Waals surface area (Å²) in [5.41, 5.74) is 1.13. The number of urea groups is 1. The molecule has 0 spiro atoms. The Morgan fingerprint density at radius 2 is 1.79 bits per heavy atom. The number of hydrogen-bond acceptors (Lipinski definition) is 3. The number of amides is 2. The van der Waals surface area contributed by atoms with Crippen molar-refractivity contribution in [3.63, 3.8) is 0 Å². The lowest BCUT2D eigenvalue weighted by Gasteiger charge is -2.13. The van der Waals surface area contributed by atoms with Crippen molar-refractivity contribution in [3.05, 3.63) is 59.5 Å². The molecule has 8 heteroatoms. The van der Waals surface area contributed by atoms with Crippen LogP contribution in [-0.2, 0) is 6.18 Å². The molecule has 1 heterocycles. The van der Waals surface area contributed by atoms with Crippen LogP contribution in [0, 0.1) is 0 Å². The number of nitrogens with zero attached hydrogens (tertiary/aromatic N) is 1. The lowest BCUT2D eigenvalue weighted by atomic mass is 9.97. The molecule has 1 aromatic heterocycles.